The fourth-order valence-electron chi connectivity index (χ4n) is 1.34. The van der Waals surface area contributed by atoms with Crippen molar-refractivity contribution >= 4 is 23.8 Å². The van der Waals surface area contributed by atoms with E-state index in [1.807, 2.05) is 0 Å². The van der Waals surface area contributed by atoms with Gasteiger partial charge in [-0.15, -0.1) is 0 Å². The summed E-state index contributed by atoms with van der Waals surface area (Å²) < 4.78 is 0. The molecule has 0 spiro atoms. The fourth-order valence-corrected chi connectivity index (χ4v) is 1.34. The van der Waals surface area contributed by atoms with Gasteiger partial charge in [-0.05, 0) is 12.8 Å². The molecule has 0 aromatic heterocycles. The monoisotopic (exact) mass is 260 g/mol. The Morgan fingerprint density at radius 1 is 0.944 bits per heavy atom. The summed E-state index contributed by atoms with van der Waals surface area (Å²) in [6, 6.07) is 0. The summed E-state index contributed by atoms with van der Waals surface area (Å²) in [7, 11) is 0. The molecule has 0 bridgehead atoms. The van der Waals surface area contributed by atoms with Crippen LogP contribution >= 0.6 is 0 Å². The highest BCUT2D eigenvalue weighted by atomic mass is 16.4. The summed E-state index contributed by atoms with van der Waals surface area (Å²) in [6.07, 6.45) is 0.699. The highest BCUT2D eigenvalue weighted by Gasteiger charge is 2.31. The van der Waals surface area contributed by atoms with Crippen molar-refractivity contribution in [3.63, 3.8) is 0 Å². The number of carbonyl (C=O) groups excluding carboxylic acids is 2. The molecular formula is C10H16N2O6. The Kier molecular flexibility index (Phi) is 5.80. The Morgan fingerprint density at radius 2 is 1.39 bits per heavy atom. The molecule has 0 fully saturated rings. The average molecular weight is 260 g/mol. The second-order valence-corrected chi connectivity index (χ2v) is 3.73. The van der Waals surface area contributed by atoms with Gasteiger partial charge in [0.15, 0.2) is 0 Å². The molecule has 4 N–H and O–H groups in total. The summed E-state index contributed by atoms with van der Waals surface area (Å²) in [5, 5.41) is 21.3. The summed E-state index contributed by atoms with van der Waals surface area (Å²) in [6.45, 7) is 3.24. The van der Waals surface area contributed by atoms with E-state index in [0.717, 1.165) is 0 Å². The zero-order valence-electron chi connectivity index (χ0n) is 10.1. The molecular weight excluding hydrogens is 244 g/mol. The minimum atomic E-state index is -1.64. The first kappa shape index (κ1) is 15.9. The van der Waals surface area contributed by atoms with Gasteiger partial charge in [-0.2, -0.15) is 0 Å². The number of carboxylic acids is 2. The largest absolute Gasteiger partial charge is 0.474 e. The third kappa shape index (κ3) is 4.40. The lowest BCUT2D eigenvalue weighted by atomic mass is 9.92. The maximum absolute atomic E-state index is 11.1. The molecule has 18 heavy (non-hydrogen) atoms. The van der Waals surface area contributed by atoms with Crippen LogP contribution in [0.15, 0.2) is 0 Å². The van der Waals surface area contributed by atoms with Gasteiger partial charge in [-0.3, -0.25) is 9.59 Å². The number of hydrogen-bond donors (Lipinski definition) is 4. The lowest BCUT2D eigenvalue weighted by molar-refractivity contribution is -0.151. The molecule has 2 amide bonds. The molecule has 102 valence electrons. The van der Waals surface area contributed by atoms with Gasteiger partial charge in [-0.25, -0.2) is 9.59 Å². The third-order valence-electron chi connectivity index (χ3n) is 2.71. The van der Waals surface area contributed by atoms with Gasteiger partial charge in [0.1, 0.15) is 0 Å². The van der Waals surface area contributed by atoms with E-state index in [-0.39, 0.29) is 6.54 Å². The minimum absolute atomic E-state index is 0.149. The lowest BCUT2D eigenvalue weighted by Crippen LogP contribution is -2.57. The van der Waals surface area contributed by atoms with Crippen LogP contribution in [0.5, 0.6) is 0 Å². The molecule has 0 heterocycles. The molecule has 0 radical (unpaired) electrons. The van der Waals surface area contributed by atoms with Crippen molar-refractivity contribution in [3.8, 4) is 0 Å². The molecule has 0 aliphatic rings. The van der Waals surface area contributed by atoms with Gasteiger partial charge in [0.25, 0.3) is 0 Å². The summed E-state index contributed by atoms with van der Waals surface area (Å²) >= 11 is 0. The van der Waals surface area contributed by atoms with E-state index in [4.69, 9.17) is 10.2 Å². The number of carbonyl (C=O) groups is 4. The van der Waals surface area contributed by atoms with Crippen molar-refractivity contribution in [3.05, 3.63) is 0 Å². The van der Waals surface area contributed by atoms with Crippen LogP contribution in [0.4, 0.5) is 0 Å². The minimum Gasteiger partial charge on any atom is -0.474 e. The fraction of sp³-hybridized carbons (Fsp3) is 0.600. The van der Waals surface area contributed by atoms with E-state index in [2.05, 4.69) is 10.6 Å². The maximum atomic E-state index is 11.1. The number of carboxylic acid groups (broad SMARTS) is 2. The van der Waals surface area contributed by atoms with Gasteiger partial charge in [0.05, 0.1) is 5.54 Å². The number of rotatable bonds is 5. The summed E-state index contributed by atoms with van der Waals surface area (Å²) in [4.78, 5) is 42.8. The van der Waals surface area contributed by atoms with Crippen molar-refractivity contribution in [2.75, 3.05) is 6.54 Å². The highest BCUT2D eigenvalue weighted by Crippen LogP contribution is 2.13. The van der Waals surface area contributed by atoms with Gasteiger partial charge in [0.2, 0.25) is 0 Å². The molecule has 0 aliphatic heterocycles. The molecule has 0 saturated heterocycles. The van der Waals surface area contributed by atoms with Crippen molar-refractivity contribution < 1.29 is 29.4 Å². The average Bonchev–Trinajstić information content (AvgIpc) is 2.33. The van der Waals surface area contributed by atoms with Crippen molar-refractivity contribution in [1.29, 1.82) is 0 Å². The van der Waals surface area contributed by atoms with E-state index in [1.165, 1.54) is 0 Å². The topological polar surface area (TPSA) is 133 Å². The standard InChI is InChI=1S/C10H16N2O6/c1-3-10(4-2,12-7(14)9(17)18)5-11-6(13)8(15)16/h3-5H2,1-2H3,(H,11,13)(H,12,14)(H,15,16)(H,17,18). The quantitative estimate of drug-likeness (QED) is 0.466. The second kappa shape index (κ2) is 6.58. The molecule has 0 rings (SSSR count). The molecule has 0 saturated carbocycles. The van der Waals surface area contributed by atoms with E-state index in [1.54, 1.807) is 13.8 Å². The third-order valence-corrected chi connectivity index (χ3v) is 2.71. The van der Waals surface area contributed by atoms with E-state index in [0.29, 0.717) is 12.8 Å². The Labute approximate surface area is 103 Å². The molecule has 0 aromatic rings. The molecule has 0 unspecified atom stereocenters. The van der Waals surface area contributed by atoms with Crippen LogP contribution in [0.1, 0.15) is 26.7 Å². The zero-order chi connectivity index (χ0) is 14.3. The normalized spacial score (nSPS) is 10.6. The Balaban J connectivity index is 4.71. The molecule has 0 aliphatic carbocycles. The zero-order valence-corrected chi connectivity index (χ0v) is 10.1. The van der Waals surface area contributed by atoms with Crippen molar-refractivity contribution in [2.45, 2.75) is 32.2 Å². The molecule has 0 aromatic carbocycles. The van der Waals surface area contributed by atoms with Gasteiger partial charge >= 0.3 is 23.8 Å². The van der Waals surface area contributed by atoms with Crippen molar-refractivity contribution in [2.24, 2.45) is 0 Å². The van der Waals surface area contributed by atoms with Gasteiger partial charge in [0, 0.05) is 6.54 Å². The molecule has 0 atom stereocenters. The number of hydrogen-bond acceptors (Lipinski definition) is 4. The lowest BCUT2D eigenvalue weighted by Gasteiger charge is -2.32. The smallest absolute Gasteiger partial charge is 0.394 e. The predicted octanol–water partition coefficient (Wildman–Crippen LogP) is -1.05. The Hall–Kier alpha value is -2.12. The number of aliphatic carboxylic acids is 2. The van der Waals surface area contributed by atoms with Gasteiger partial charge in [-0.1, -0.05) is 13.8 Å². The first-order valence-electron chi connectivity index (χ1n) is 5.34. The van der Waals surface area contributed by atoms with Gasteiger partial charge < -0.3 is 20.8 Å². The summed E-state index contributed by atoms with van der Waals surface area (Å²) in [5.74, 6) is -5.67. The van der Waals surface area contributed by atoms with Crippen LogP contribution in [0.25, 0.3) is 0 Å². The van der Waals surface area contributed by atoms with Crippen LogP contribution in [0.2, 0.25) is 0 Å². The van der Waals surface area contributed by atoms with E-state index < -0.39 is 29.3 Å². The van der Waals surface area contributed by atoms with E-state index >= 15 is 0 Å². The number of amides is 2. The number of nitrogens with one attached hydrogen (secondary N) is 2. The van der Waals surface area contributed by atoms with Crippen molar-refractivity contribution in [1.82, 2.24) is 10.6 Å². The Bertz CT molecular complexity index is 361. The first-order chi connectivity index (χ1) is 8.28. The second-order valence-electron chi connectivity index (χ2n) is 3.73. The van der Waals surface area contributed by atoms with Crippen LogP contribution in [0, 0.1) is 0 Å². The highest BCUT2D eigenvalue weighted by molar-refractivity contribution is 6.32. The van der Waals surface area contributed by atoms with Crippen LogP contribution < -0.4 is 10.6 Å². The summed E-state index contributed by atoms with van der Waals surface area (Å²) in [5.41, 5.74) is -0.972. The first-order valence-corrected chi connectivity index (χ1v) is 5.34. The molecule has 8 heteroatoms. The van der Waals surface area contributed by atoms with Crippen LogP contribution in [0.3, 0.4) is 0 Å². The van der Waals surface area contributed by atoms with E-state index in [9.17, 15) is 19.2 Å². The van der Waals surface area contributed by atoms with Crippen LogP contribution in [-0.4, -0.2) is 46.0 Å². The van der Waals surface area contributed by atoms with Crippen LogP contribution in [-0.2, 0) is 19.2 Å². The SMILES string of the molecule is CCC(CC)(CNC(=O)C(=O)O)NC(=O)C(=O)O. The molecule has 8 nitrogen and oxygen atoms in total. The predicted molar refractivity (Wildman–Crippen MR) is 59.7 cm³/mol. The Morgan fingerprint density at radius 3 is 1.72 bits per heavy atom. The maximum Gasteiger partial charge on any atom is 0.394 e.